The second-order valence-corrected chi connectivity index (χ2v) is 9.10. The van der Waals surface area contributed by atoms with E-state index in [4.69, 9.17) is 14.2 Å². The van der Waals surface area contributed by atoms with Gasteiger partial charge in [-0.3, -0.25) is 9.89 Å². The number of benzene rings is 1. The number of sulfonamides is 1. The molecule has 31 heavy (non-hydrogen) atoms. The molecule has 0 atom stereocenters. The van der Waals surface area contributed by atoms with E-state index < -0.39 is 10.0 Å². The largest absolute Gasteiger partial charge is 0.493 e. The number of carbonyl (C=O) groups is 1. The molecule has 170 valence electrons. The summed E-state index contributed by atoms with van der Waals surface area (Å²) in [5.41, 5.74) is 1.33. The van der Waals surface area contributed by atoms with Crippen molar-refractivity contribution < 1.29 is 27.4 Å². The number of amides is 1. The fourth-order valence-electron chi connectivity index (χ4n) is 3.77. The molecular formula is C20H28N4O6S. The first-order valence-corrected chi connectivity index (χ1v) is 11.3. The van der Waals surface area contributed by atoms with Gasteiger partial charge in [0.15, 0.2) is 11.5 Å². The molecule has 3 rings (SSSR count). The van der Waals surface area contributed by atoms with Gasteiger partial charge in [-0.15, -0.1) is 0 Å². The smallest absolute Gasteiger partial charge is 0.254 e. The standard InChI is InChI=1S/C20H28N4O6S/c1-13-19(14(2)22-21-13)31(26,27)24-8-6-7-23(9-10-24)20(25)15-11-16(28-3)18(30-5)17(12-15)29-4/h11-12H,6-10H2,1-5H3,(H,21,22). The first-order chi connectivity index (χ1) is 14.7. The minimum atomic E-state index is -3.70. The molecule has 1 saturated heterocycles. The zero-order valence-corrected chi connectivity index (χ0v) is 19.2. The highest BCUT2D eigenvalue weighted by Gasteiger charge is 2.32. The third kappa shape index (κ3) is 4.33. The Labute approximate surface area is 182 Å². The molecule has 1 N–H and O–H groups in total. The van der Waals surface area contributed by atoms with Crippen LogP contribution in [0.25, 0.3) is 0 Å². The third-order valence-electron chi connectivity index (χ3n) is 5.31. The number of rotatable bonds is 6. The fourth-order valence-corrected chi connectivity index (χ4v) is 5.58. The Balaban J connectivity index is 1.82. The van der Waals surface area contributed by atoms with Crippen LogP contribution in [0.3, 0.4) is 0 Å². The van der Waals surface area contributed by atoms with E-state index in [0.717, 1.165) is 0 Å². The van der Waals surface area contributed by atoms with Crippen LogP contribution < -0.4 is 14.2 Å². The third-order valence-corrected chi connectivity index (χ3v) is 7.47. The molecule has 0 aliphatic carbocycles. The Bertz CT molecular complexity index is 1020. The van der Waals surface area contributed by atoms with Crippen molar-refractivity contribution in [2.24, 2.45) is 0 Å². The molecule has 1 amide bonds. The Morgan fingerprint density at radius 2 is 1.65 bits per heavy atom. The van der Waals surface area contributed by atoms with Gasteiger partial charge in [0.05, 0.1) is 32.7 Å². The summed E-state index contributed by atoms with van der Waals surface area (Å²) >= 11 is 0. The van der Waals surface area contributed by atoms with Gasteiger partial charge in [-0.1, -0.05) is 0 Å². The van der Waals surface area contributed by atoms with Gasteiger partial charge in [0.25, 0.3) is 5.91 Å². The predicted molar refractivity (Wildman–Crippen MR) is 113 cm³/mol. The van der Waals surface area contributed by atoms with Crippen LogP contribution in [-0.4, -0.2) is 81.2 Å². The SMILES string of the molecule is COc1cc(C(=O)N2CCCN(S(=O)(=O)c3c(C)n[nH]c3C)CC2)cc(OC)c1OC. The number of nitrogens with zero attached hydrogens (tertiary/aromatic N) is 3. The van der Waals surface area contributed by atoms with E-state index >= 15 is 0 Å². The highest BCUT2D eigenvalue weighted by atomic mass is 32.2. The number of methoxy groups -OCH3 is 3. The number of nitrogens with one attached hydrogen (secondary N) is 1. The van der Waals surface area contributed by atoms with Gasteiger partial charge in [-0.05, 0) is 32.4 Å². The lowest BCUT2D eigenvalue weighted by molar-refractivity contribution is 0.0763. The number of ether oxygens (including phenoxy) is 3. The van der Waals surface area contributed by atoms with Crippen LogP contribution in [0.2, 0.25) is 0 Å². The Morgan fingerprint density at radius 1 is 1.00 bits per heavy atom. The number of hydrogen-bond acceptors (Lipinski definition) is 7. The van der Waals surface area contributed by atoms with Crippen molar-refractivity contribution in [2.45, 2.75) is 25.2 Å². The molecule has 1 aromatic heterocycles. The molecule has 1 aliphatic heterocycles. The molecule has 0 bridgehead atoms. The zero-order chi connectivity index (χ0) is 22.8. The van der Waals surface area contributed by atoms with E-state index in [-0.39, 0.29) is 23.9 Å². The van der Waals surface area contributed by atoms with Crippen LogP contribution >= 0.6 is 0 Å². The highest BCUT2D eigenvalue weighted by molar-refractivity contribution is 7.89. The molecule has 0 unspecified atom stereocenters. The quantitative estimate of drug-likeness (QED) is 0.708. The minimum absolute atomic E-state index is 0.197. The number of carbonyl (C=O) groups excluding carboxylic acids is 1. The first kappa shape index (κ1) is 22.9. The number of aromatic amines is 1. The van der Waals surface area contributed by atoms with E-state index in [9.17, 15) is 13.2 Å². The Kier molecular flexibility index (Phi) is 6.75. The van der Waals surface area contributed by atoms with Crippen LogP contribution in [0.1, 0.15) is 28.2 Å². The molecule has 1 aromatic carbocycles. The van der Waals surface area contributed by atoms with E-state index in [1.807, 2.05) is 0 Å². The van der Waals surface area contributed by atoms with Crippen molar-refractivity contribution in [3.63, 3.8) is 0 Å². The number of H-pyrrole nitrogens is 1. The molecule has 1 aliphatic rings. The molecule has 10 nitrogen and oxygen atoms in total. The zero-order valence-electron chi connectivity index (χ0n) is 18.4. The summed E-state index contributed by atoms with van der Waals surface area (Å²) in [6, 6.07) is 3.20. The maximum Gasteiger partial charge on any atom is 0.254 e. The summed E-state index contributed by atoms with van der Waals surface area (Å²) in [6.07, 6.45) is 0.519. The summed E-state index contributed by atoms with van der Waals surface area (Å²) in [7, 11) is 0.765. The average molecular weight is 453 g/mol. The van der Waals surface area contributed by atoms with Crippen molar-refractivity contribution in [3.8, 4) is 17.2 Å². The number of aryl methyl sites for hydroxylation is 2. The second-order valence-electron chi connectivity index (χ2n) is 7.23. The molecule has 0 saturated carbocycles. The van der Waals surface area contributed by atoms with Gasteiger partial charge >= 0.3 is 0 Å². The van der Waals surface area contributed by atoms with Crippen LogP contribution in [-0.2, 0) is 10.0 Å². The van der Waals surface area contributed by atoms with Crippen LogP contribution in [0.15, 0.2) is 17.0 Å². The molecule has 2 aromatic rings. The van der Waals surface area contributed by atoms with Gasteiger partial charge in [-0.2, -0.15) is 9.40 Å². The fraction of sp³-hybridized carbons (Fsp3) is 0.500. The lowest BCUT2D eigenvalue weighted by Gasteiger charge is -2.23. The second kappa shape index (κ2) is 9.15. The van der Waals surface area contributed by atoms with E-state index in [0.29, 0.717) is 53.7 Å². The molecule has 1 fully saturated rings. The van der Waals surface area contributed by atoms with E-state index in [1.54, 1.807) is 30.9 Å². The average Bonchev–Trinajstić information content (AvgIpc) is 2.95. The van der Waals surface area contributed by atoms with Crippen molar-refractivity contribution in [3.05, 3.63) is 29.1 Å². The maximum absolute atomic E-state index is 13.2. The number of hydrogen-bond donors (Lipinski definition) is 1. The van der Waals surface area contributed by atoms with Gasteiger partial charge < -0.3 is 19.1 Å². The minimum Gasteiger partial charge on any atom is -0.493 e. The lowest BCUT2D eigenvalue weighted by atomic mass is 10.1. The molecule has 0 spiro atoms. The van der Waals surface area contributed by atoms with Gasteiger partial charge in [0, 0.05) is 31.7 Å². The predicted octanol–water partition coefficient (Wildman–Crippen LogP) is 1.59. The summed E-state index contributed by atoms with van der Waals surface area (Å²) in [5, 5.41) is 6.72. The van der Waals surface area contributed by atoms with E-state index in [2.05, 4.69) is 10.2 Å². The van der Waals surface area contributed by atoms with Gasteiger partial charge in [0.2, 0.25) is 15.8 Å². The van der Waals surface area contributed by atoms with Crippen LogP contribution in [0.5, 0.6) is 17.2 Å². The monoisotopic (exact) mass is 452 g/mol. The number of aromatic nitrogens is 2. The molecule has 0 radical (unpaired) electrons. The lowest BCUT2D eigenvalue weighted by Crippen LogP contribution is -2.37. The van der Waals surface area contributed by atoms with Crippen LogP contribution in [0.4, 0.5) is 0 Å². The van der Waals surface area contributed by atoms with Gasteiger partial charge in [-0.25, -0.2) is 8.42 Å². The van der Waals surface area contributed by atoms with Crippen molar-refractivity contribution in [2.75, 3.05) is 47.5 Å². The van der Waals surface area contributed by atoms with Crippen molar-refractivity contribution in [1.82, 2.24) is 19.4 Å². The maximum atomic E-state index is 13.2. The molecule has 11 heteroatoms. The van der Waals surface area contributed by atoms with E-state index in [1.165, 1.54) is 25.6 Å². The molecular weight excluding hydrogens is 424 g/mol. The van der Waals surface area contributed by atoms with Crippen LogP contribution in [0, 0.1) is 13.8 Å². The Morgan fingerprint density at radius 3 is 2.16 bits per heavy atom. The summed E-state index contributed by atoms with van der Waals surface area (Å²) in [5.74, 6) is 0.944. The first-order valence-electron chi connectivity index (χ1n) is 9.85. The normalized spacial score (nSPS) is 15.5. The summed E-state index contributed by atoms with van der Waals surface area (Å²) in [6.45, 7) is 4.57. The summed E-state index contributed by atoms with van der Waals surface area (Å²) in [4.78, 5) is 15.0. The van der Waals surface area contributed by atoms with Crippen molar-refractivity contribution in [1.29, 1.82) is 0 Å². The highest BCUT2D eigenvalue weighted by Crippen LogP contribution is 2.38. The molecule has 2 heterocycles. The Hall–Kier alpha value is -2.79. The van der Waals surface area contributed by atoms with Crippen molar-refractivity contribution >= 4 is 15.9 Å². The van der Waals surface area contributed by atoms with Gasteiger partial charge in [0.1, 0.15) is 4.90 Å². The topological polar surface area (TPSA) is 114 Å². The summed E-state index contributed by atoms with van der Waals surface area (Å²) < 4.78 is 43.7.